The van der Waals surface area contributed by atoms with Gasteiger partial charge in [-0.25, -0.2) is 0 Å². The summed E-state index contributed by atoms with van der Waals surface area (Å²) < 4.78 is 23.8. The quantitative estimate of drug-likeness (QED) is 0.123. The van der Waals surface area contributed by atoms with Gasteiger partial charge in [0.1, 0.15) is 12.2 Å². The van der Waals surface area contributed by atoms with Gasteiger partial charge in [-0.1, -0.05) is 98.9 Å². The van der Waals surface area contributed by atoms with Crippen molar-refractivity contribution in [3.05, 3.63) is 85.1 Å². The fourth-order valence-electron chi connectivity index (χ4n) is 8.70. The monoisotopic (exact) mass is 1010 g/mol. The van der Waals surface area contributed by atoms with E-state index in [1.807, 2.05) is 68.5 Å². The Morgan fingerprint density at radius 3 is 1.89 bits per heavy atom. The first kappa shape index (κ1) is 61.8. The van der Waals surface area contributed by atoms with Gasteiger partial charge in [-0.2, -0.15) is 0 Å². The van der Waals surface area contributed by atoms with Gasteiger partial charge in [-0.15, -0.1) is 0 Å². The van der Waals surface area contributed by atoms with Crippen LogP contribution in [0, 0.1) is 17.8 Å². The number of esters is 1. The fraction of sp³-hybridized carbons (Fsp3) is 0.692. The van der Waals surface area contributed by atoms with Crippen LogP contribution in [-0.4, -0.2) is 192 Å². The summed E-state index contributed by atoms with van der Waals surface area (Å²) in [6.45, 7) is 7.74. The number of carbonyl (C=O) groups excluding carboxylic acids is 2. The normalized spacial score (nSPS) is 42.7. The van der Waals surface area contributed by atoms with Crippen molar-refractivity contribution in [1.29, 1.82) is 0 Å². The van der Waals surface area contributed by atoms with E-state index in [1.54, 1.807) is 63.3 Å². The third-order valence-electron chi connectivity index (χ3n) is 13.1. The second-order valence-corrected chi connectivity index (χ2v) is 19.7. The topological polar surface area (TPSA) is 315 Å². The van der Waals surface area contributed by atoms with Crippen molar-refractivity contribution in [3.63, 3.8) is 0 Å². The van der Waals surface area contributed by atoms with E-state index in [4.69, 9.17) is 24.7 Å². The zero-order chi connectivity index (χ0) is 52.8. The van der Waals surface area contributed by atoms with Gasteiger partial charge in [0.15, 0.2) is 12.1 Å². The van der Waals surface area contributed by atoms with Crippen molar-refractivity contribution in [1.82, 2.24) is 10.2 Å². The maximum absolute atomic E-state index is 13.8. The van der Waals surface area contributed by atoms with Crippen molar-refractivity contribution in [2.75, 3.05) is 27.2 Å². The van der Waals surface area contributed by atoms with E-state index in [0.717, 1.165) is 0 Å². The van der Waals surface area contributed by atoms with Gasteiger partial charge in [0.05, 0.1) is 85.5 Å². The molecular formula is C52H85N3O16. The maximum atomic E-state index is 13.8. The second kappa shape index (κ2) is 31.3. The minimum Gasteiger partial charge on any atom is -0.462 e. The molecule has 404 valence electrons. The molecule has 0 aromatic carbocycles. The molecule has 3 rings (SSSR count). The molecular weight excluding hydrogens is 923 g/mol. The fourth-order valence-corrected chi connectivity index (χ4v) is 8.70. The second-order valence-electron chi connectivity index (χ2n) is 19.7. The summed E-state index contributed by atoms with van der Waals surface area (Å²) in [4.78, 5) is 28.5. The predicted octanol–water partition coefficient (Wildman–Crippen LogP) is 0.695. The van der Waals surface area contributed by atoms with Crippen LogP contribution in [-0.2, 0) is 28.5 Å². The van der Waals surface area contributed by atoms with Crippen LogP contribution < -0.4 is 11.1 Å². The molecule has 0 aliphatic carbocycles. The third-order valence-corrected chi connectivity index (χ3v) is 13.1. The summed E-state index contributed by atoms with van der Waals surface area (Å²) >= 11 is 0. The first-order valence-corrected chi connectivity index (χ1v) is 24.9. The number of nitrogens with two attached hydrogens (primary N) is 1. The lowest BCUT2D eigenvalue weighted by Crippen LogP contribution is -2.62. The minimum atomic E-state index is -2.29. The molecule has 0 unspecified atom stereocenters. The SMILES string of the molecule is C[C@@H]1[C@H](O)[C@@H](C)/C=C/C=C/C=C/C=C/C=C/C=C/C=C/[C@H](O[C@@H]2O[C@H](C)[C@@H](O)[C@H](N)[C@@H]2O)C[C@@H]2O[C@](O)(C[C@@H](O)[C@H](O)CC[C@@H](O)C[C@@H](O)C[C@@H](O)CC(=O)O[C@H]1C)C[C@H](O)[C@H]2C(=O)NCCCN(C)C. The summed E-state index contributed by atoms with van der Waals surface area (Å²) in [7, 11) is 3.78. The molecule has 71 heavy (non-hydrogen) atoms. The summed E-state index contributed by atoms with van der Waals surface area (Å²) in [5.74, 6) is -5.58. The van der Waals surface area contributed by atoms with Crippen LogP contribution in [0.3, 0.4) is 0 Å². The van der Waals surface area contributed by atoms with Crippen LogP contribution in [0.1, 0.15) is 85.5 Å². The van der Waals surface area contributed by atoms with Gasteiger partial charge in [0.25, 0.3) is 0 Å². The standard InChI is InChI=1S/C52H85N3O16/c1-32-20-17-15-13-11-9-7-8-10-12-14-16-18-21-39(70-51-49(65)46(53)48(64)35(4)69-51)29-43-45(50(66)54-24-19-25-55(5)6)42(61)31-52(67,71-43)30-41(60)40(59)23-22-36(56)26-37(57)27-38(58)28-44(62)68-34(3)33(2)47(32)63/h7-18,20-21,32-43,45-49,51,56-61,63-65,67H,19,22-31,53H2,1-6H3,(H,54,66)/b8-7+,11-9+,12-10+,15-13+,16-14+,20-17+,21-18+/t32-,33-,34-,35+,36+,37+,38+,39-,40+,41+,42-,43-,45+,46-,47+,48+,49-,51-,52+/m0/s1. The average Bonchev–Trinajstić information content (AvgIpc) is 3.28. The largest absolute Gasteiger partial charge is 0.462 e. The molecule has 2 bridgehead atoms. The molecule has 0 aromatic heterocycles. The van der Waals surface area contributed by atoms with Gasteiger partial charge in [-0.05, 0) is 66.6 Å². The van der Waals surface area contributed by atoms with Crippen LogP contribution in [0.5, 0.6) is 0 Å². The number of rotatable bonds is 7. The van der Waals surface area contributed by atoms with Crippen LogP contribution in [0.25, 0.3) is 0 Å². The number of nitrogens with one attached hydrogen (secondary N) is 1. The van der Waals surface area contributed by atoms with E-state index >= 15 is 0 Å². The predicted molar refractivity (Wildman–Crippen MR) is 266 cm³/mol. The zero-order valence-corrected chi connectivity index (χ0v) is 42.2. The van der Waals surface area contributed by atoms with Gasteiger partial charge in [0, 0.05) is 37.6 Å². The van der Waals surface area contributed by atoms with Gasteiger partial charge >= 0.3 is 5.97 Å². The molecule has 1 amide bonds. The molecule has 3 aliphatic heterocycles. The first-order valence-electron chi connectivity index (χ1n) is 24.9. The summed E-state index contributed by atoms with van der Waals surface area (Å²) in [5, 5.41) is 113. The summed E-state index contributed by atoms with van der Waals surface area (Å²) in [6.07, 6.45) is 5.59. The molecule has 0 radical (unpaired) electrons. The van der Waals surface area contributed by atoms with E-state index in [2.05, 4.69) is 5.32 Å². The first-order chi connectivity index (χ1) is 33.5. The molecule has 3 aliphatic rings. The van der Waals surface area contributed by atoms with Crippen LogP contribution in [0.4, 0.5) is 0 Å². The number of aliphatic hydroxyl groups excluding tert-OH is 9. The number of nitrogens with zero attached hydrogens (tertiary/aromatic N) is 1. The van der Waals surface area contributed by atoms with E-state index in [-0.39, 0.29) is 44.6 Å². The maximum Gasteiger partial charge on any atom is 0.308 e. The Morgan fingerprint density at radius 2 is 1.28 bits per heavy atom. The molecule has 0 saturated carbocycles. The third kappa shape index (κ3) is 21.9. The van der Waals surface area contributed by atoms with Gasteiger partial charge < -0.3 is 86.0 Å². The summed E-state index contributed by atoms with van der Waals surface area (Å²) in [6, 6.07) is -1.13. The Bertz CT molecular complexity index is 1790. The smallest absolute Gasteiger partial charge is 0.308 e. The highest BCUT2D eigenvalue weighted by Gasteiger charge is 2.51. The zero-order valence-electron chi connectivity index (χ0n) is 42.2. The van der Waals surface area contributed by atoms with E-state index < -0.39 is 140 Å². The number of aliphatic hydroxyl groups is 10. The molecule has 2 saturated heterocycles. The summed E-state index contributed by atoms with van der Waals surface area (Å²) in [5.41, 5.74) is 6.11. The Balaban J connectivity index is 1.93. The number of fused-ring (bicyclic) bond motifs is 2. The average molecular weight is 1010 g/mol. The highest BCUT2D eigenvalue weighted by Crippen LogP contribution is 2.38. The van der Waals surface area contributed by atoms with Crippen molar-refractivity contribution in [2.45, 2.75) is 183 Å². The van der Waals surface area contributed by atoms with Crippen molar-refractivity contribution < 1.29 is 79.6 Å². The van der Waals surface area contributed by atoms with Crippen molar-refractivity contribution in [3.8, 4) is 0 Å². The van der Waals surface area contributed by atoms with Crippen LogP contribution in [0.15, 0.2) is 85.1 Å². The number of carbonyl (C=O) groups is 2. The van der Waals surface area contributed by atoms with E-state index in [0.29, 0.717) is 13.0 Å². The van der Waals surface area contributed by atoms with E-state index in [9.17, 15) is 60.7 Å². The Hall–Kier alpha value is -3.48. The van der Waals surface area contributed by atoms with Crippen LogP contribution in [0.2, 0.25) is 0 Å². The number of hydrogen-bond acceptors (Lipinski definition) is 18. The number of allylic oxidation sites excluding steroid dienone is 12. The Kier molecular flexibility index (Phi) is 27.3. The number of hydrogen-bond donors (Lipinski definition) is 12. The Morgan fingerprint density at radius 1 is 0.718 bits per heavy atom. The van der Waals surface area contributed by atoms with E-state index in [1.165, 1.54) is 0 Å². The molecule has 13 N–H and O–H groups in total. The number of cyclic esters (lactones) is 1. The Labute approximate surface area is 419 Å². The lowest BCUT2D eigenvalue weighted by molar-refractivity contribution is -0.308. The number of ether oxygens (including phenoxy) is 4. The van der Waals surface area contributed by atoms with Gasteiger partial charge in [0.2, 0.25) is 5.91 Å². The molecule has 0 aromatic rings. The minimum absolute atomic E-state index is 0.118. The molecule has 3 heterocycles. The number of amides is 1. The lowest BCUT2D eigenvalue weighted by atomic mass is 9.82. The van der Waals surface area contributed by atoms with Crippen molar-refractivity contribution in [2.24, 2.45) is 23.5 Å². The van der Waals surface area contributed by atoms with Gasteiger partial charge in [-0.3, -0.25) is 9.59 Å². The highest BCUT2D eigenvalue weighted by atomic mass is 16.7. The molecule has 19 nitrogen and oxygen atoms in total. The highest BCUT2D eigenvalue weighted by molar-refractivity contribution is 5.80. The van der Waals surface area contributed by atoms with Crippen molar-refractivity contribution >= 4 is 11.9 Å². The van der Waals surface area contributed by atoms with Crippen LogP contribution >= 0.6 is 0 Å². The molecule has 19 atom stereocenters. The molecule has 19 heteroatoms. The lowest BCUT2D eigenvalue weighted by Gasteiger charge is -2.46. The molecule has 0 spiro atoms. The molecule has 2 fully saturated rings.